The molecule has 0 aromatic heterocycles. The number of benzene rings is 1. The Morgan fingerprint density at radius 2 is 1.95 bits per heavy atom. The largest absolute Gasteiger partial charge is 0.354 e. The minimum atomic E-state index is -0.345. The Morgan fingerprint density at radius 3 is 2.53 bits per heavy atom. The summed E-state index contributed by atoms with van der Waals surface area (Å²) >= 11 is 0. The molecule has 0 fully saturated rings. The molecule has 106 valence electrons. The molecule has 0 heterocycles. The summed E-state index contributed by atoms with van der Waals surface area (Å²) in [5.74, 6) is -0.123. The summed E-state index contributed by atoms with van der Waals surface area (Å²) in [6, 6.07) is 6.27. The van der Waals surface area contributed by atoms with Crippen LogP contribution in [0, 0.1) is 11.7 Å². The van der Waals surface area contributed by atoms with Crippen LogP contribution in [0.2, 0.25) is 0 Å². The molecule has 1 amide bonds. The third-order valence-corrected chi connectivity index (χ3v) is 3.50. The van der Waals surface area contributed by atoms with Gasteiger partial charge in [-0.1, -0.05) is 44.9 Å². The topological polar surface area (TPSA) is 55.1 Å². The Bertz CT molecular complexity index is 405. The SMILES string of the molecule is CCC(CC)C(N)CNC(=O)Cc1ccccc1F. The highest BCUT2D eigenvalue weighted by atomic mass is 19.1. The van der Waals surface area contributed by atoms with Gasteiger partial charge in [0.15, 0.2) is 0 Å². The van der Waals surface area contributed by atoms with E-state index in [1.54, 1.807) is 18.2 Å². The van der Waals surface area contributed by atoms with Crippen LogP contribution in [0.4, 0.5) is 4.39 Å². The van der Waals surface area contributed by atoms with E-state index in [1.807, 2.05) is 0 Å². The van der Waals surface area contributed by atoms with Crippen LogP contribution in [-0.2, 0) is 11.2 Å². The van der Waals surface area contributed by atoms with Crippen LogP contribution in [0.25, 0.3) is 0 Å². The fourth-order valence-electron chi connectivity index (χ4n) is 2.17. The maximum absolute atomic E-state index is 13.4. The number of nitrogens with two attached hydrogens (primary N) is 1. The van der Waals surface area contributed by atoms with Gasteiger partial charge < -0.3 is 11.1 Å². The molecule has 0 spiro atoms. The minimum absolute atomic E-state index is 0.0421. The van der Waals surface area contributed by atoms with E-state index in [2.05, 4.69) is 19.2 Å². The molecule has 19 heavy (non-hydrogen) atoms. The van der Waals surface area contributed by atoms with E-state index in [9.17, 15) is 9.18 Å². The lowest BCUT2D eigenvalue weighted by atomic mass is 9.95. The Morgan fingerprint density at radius 1 is 1.32 bits per heavy atom. The van der Waals surface area contributed by atoms with Crippen molar-refractivity contribution in [1.29, 1.82) is 0 Å². The molecule has 0 aliphatic rings. The zero-order valence-electron chi connectivity index (χ0n) is 11.7. The highest BCUT2D eigenvalue weighted by Crippen LogP contribution is 2.11. The van der Waals surface area contributed by atoms with Gasteiger partial charge in [-0.05, 0) is 17.5 Å². The van der Waals surface area contributed by atoms with Gasteiger partial charge in [-0.3, -0.25) is 4.79 Å². The molecule has 0 aliphatic heterocycles. The smallest absolute Gasteiger partial charge is 0.224 e. The number of carbonyl (C=O) groups is 1. The first-order valence-corrected chi connectivity index (χ1v) is 6.84. The summed E-state index contributed by atoms with van der Waals surface area (Å²) in [5.41, 5.74) is 6.43. The second-order valence-electron chi connectivity index (χ2n) is 4.81. The average molecular weight is 266 g/mol. The predicted octanol–water partition coefficient (Wildman–Crippen LogP) is 2.25. The molecular weight excluding hydrogens is 243 g/mol. The second kappa shape index (κ2) is 7.89. The molecule has 0 aliphatic carbocycles. The van der Waals surface area contributed by atoms with E-state index in [0.717, 1.165) is 12.8 Å². The zero-order valence-corrected chi connectivity index (χ0v) is 11.7. The third kappa shape index (κ3) is 4.99. The zero-order chi connectivity index (χ0) is 14.3. The molecule has 3 N–H and O–H groups in total. The van der Waals surface area contributed by atoms with Crippen molar-refractivity contribution in [3.8, 4) is 0 Å². The van der Waals surface area contributed by atoms with E-state index in [0.29, 0.717) is 18.0 Å². The van der Waals surface area contributed by atoms with Crippen LogP contribution >= 0.6 is 0 Å². The van der Waals surface area contributed by atoms with Crippen molar-refractivity contribution in [3.05, 3.63) is 35.6 Å². The van der Waals surface area contributed by atoms with Crippen LogP contribution in [0.15, 0.2) is 24.3 Å². The van der Waals surface area contributed by atoms with Gasteiger partial charge in [0.25, 0.3) is 0 Å². The molecule has 4 heteroatoms. The number of carbonyl (C=O) groups excluding carboxylic acids is 1. The van der Waals surface area contributed by atoms with Crippen molar-refractivity contribution < 1.29 is 9.18 Å². The fraction of sp³-hybridized carbons (Fsp3) is 0.533. The monoisotopic (exact) mass is 266 g/mol. The molecule has 1 aromatic carbocycles. The first-order chi connectivity index (χ1) is 9.08. The van der Waals surface area contributed by atoms with Crippen molar-refractivity contribution in [2.24, 2.45) is 11.7 Å². The normalized spacial score (nSPS) is 12.5. The lowest BCUT2D eigenvalue weighted by Crippen LogP contribution is -2.42. The van der Waals surface area contributed by atoms with Gasteiger partial charge in [-0.2, -0.15) is 0 Å². The maximum Gasteiger partial charge on any atom is 0.224 e. The first-order valence-electron chi connectivity index (χ1n) is 6.84. The molecule has 1 aromatic rings. The highest BCUT2D eigenvalue weighted by Gasteiger charge is 2.15. The van der Waals surface area contributed by atoms with Crippen molar-refractivity contribution in [1.82, 2.24) is 5.32 Å². The molecular formula is C15H23FN2O. The van der Waals surface area contributed by atoms with E-state index in [1.165, 1.54) is 6.07 Å². The van der Waals surface area contributed by atoms with Crippen LogP contribution in [0.5, 0.6) is 0 Å². The number of nitrogens with one attached hydrogen (secondary N) is 1. The Kier molecular flexibility index (Phi) is 6.50. The van der Waals surface area contributed by atoms with Gasteiger partial charge in [-0.25, -0.2) is 4.39 Å². The first kappa shape index (κ1) is 15.6. The molecule has 1 rings (SSSR count). The molecule has 0 radical (unpaired) electrons. The third-order valence-electron chi connectivity index (χ3n) is 3.50. The molecule has 3 nitrogen and oxygen atoms in total. The van der Waals surface area contributed by atoms with Crippen molar-refractivity contribution in [2.45, 2.75) is 39.2 Å². The van der Waals surface area contributed by atoms with E-state index >= 15 is 0 Å². The molecule has 0 bridgehead atoms. The molecule has 1 atom stereocenters. The van der Waals surface area contributed by atoms with Crippen molar-refractivity contribution in [2.75, 3.05) is 6.54 Å². The van der Waals surface area contributed by atoms with Crippen molar-refractivity contribution >= 4 is 5.91 Å². The summed E-state index contributed by atoms with van der Waals surface area (Å²) in [5, 5.41) is 2.78. The van der Waals surface area contributed by atoms with Gasteiger partial charge in [0.2, 0.25) is 5.91 Å². The number of halogens is 1. The maximum atomic E-state index is 13.4. The minimum Gasteiger partial charge on any atom is -0.354 e. The van der Waals surface area contributed by atoms with Gasteiger partial charge in [0, 0.05) is 12.6 Å². The summed E-state index contributed by atoms with van der Waals surface area (Å²) < 4.78 is 13.4. The summed E-state index contributed by atoms with van der Waals surface area (Å²) in [4.78, 5) is 11.7. The van der Waals surface area contributed by atoms with Crippen LogP contribution in [-0.4, -0.2) is 18.5 Å². The molecule has 0 saturated heterocycles. The van der Waals surface area contributed by atoms with E-state index < -0.39 is 0 Å². The average Bonchev–Trinajstić information content (AvgIpc) is 2.40. The summed E-state index contributed by atoms with van der Waals surface area (Å²) in [6.07, 6.45) is 2.06. The predicted molar refractivity (Wildman–Crippen MR) is 75.2 cm³/mol. The van der Waals surface area contributed by atoms with Gasteiger partial charge in [-0.15, -0.1) is 0 Å². The Labute approximate surface area is 114 Å². The van der Waals surface area contributed by atoms with Crippen LogP contribution in [0.3, 0.4) is 0 Å². The molecule has 1 unspecified atom stereocenters. The lowest BCUT2D eigenvalue weighted by Gasteiger charge is -2.21. The highest BCUT2D eigenvalue weighted by molar-refractivity contribution is 5.78. The van der Waals surface area contributed by atoms with Gasteiger partial charge in [0.1, 0.15) is 5.82 Å². The van der Waals surface area contributed by atoms with E-state index in [-0.39, 0.29) is 24.2 Å². The van der Waals surface area contributed by atoms with Crippen LogP contribution < -0.4 is 11.1 Å². The Balaban J connectivity index is 2.42. The quantitative estimate of drug-likeness (QED) is 0.795. The molecule has 0 saturated carbocycles. The Hall–Kier alpha value is -1.42. The lowest BCUT2D eigenvalue weighted by molar-refractivity contribution is -0.120. The van der Waals surface area contributed by atoms with Gasteiger partial charge >= 0.3 is 0 Å². The summed E-state index contributed by atoms with van der Waals surface area (Å²) in [7, 11) is 0. The fourth-order valence-corrected chi connectivity index (χ4v) is 2.17. The van der Waals surface area contributed by atoms with E-state index in [4.69, 9.17) is 5.73 Å². The number of amides is 1. The number of hydrogen-bond acceptors (Lipinski definition) is 2. The number of hydrogen-bond donors (Lipinski definition) is 2. The summed E-state index contributed by atoms with van der Waals surface area (Å²) in [6.45, 7) is 4.63. The van der Waals surface area contributed by atoms with Gasteiger partial charge in [0.05, 0.1) is 6.42 Å². The van der Waals surface area contributed by atoms with Crippen LogP contribution in [0.1, 0.15) is 32.3 Å². The standard InChI is InChI=1S/C15H23FN2O/c1-3-11(4-2)14(17)10-18-15(19)9-12-7-5-6-8-13(12)16/h5-8,11,14H,3-4,9-10,17H2,1-2H3,(H,18,19). The second-order valence-corrected chi connectivity index (χ2v) is 4.81. The number of rotatable bonds is 7. The van der Waals surface area contributed by atoms with Crippen molar-refractivity contribution in [3.63, 3.8) is 0 Å².